The predicted octanol–water partition coefficient (Wildman–Crippen LogP) is 2.47. The molecule has 0 atom stereocenters. The second-order valence-corrected chi connectivity index (χ2v) is 5.07. The SMILES string of the molecule is COc1ccc(OCC(=O)Nc2ccc(C(=O)O)s2)cc1. The fraction of sp³-hybridized carbons (Fsp3) is 0.143. The number of hydrogen-bond donors (Lipinski definition) is 2. The van der Waals surface area contributed by atoms with Gasteiger partial charge < -0.3 is 19.9 Å². The van der Waals surface area contributed by atoms with E-state index in [1.807, 2.05) is 0 Å². The molecule has 0 saturated carbocycles. The van der Waals surface area contributed by atoms with E-state index in [9.17, 15) is 9.59 Å². The van der Waals surface area contributed by atoms with Crippen molar-refractivity contribution in [3.05, 3.63) is 41.3 Å². The van der Waals surface area contributed by atoms with Crippen LogP contribution in [0.25, 0.3) is 0 Å². The standard InChI is InChI=1S/C14H13NO5S/c1-19-9-2-4-10(5-3-9)20-8-12(16)15-13-7-6-11(21-13)14(17)18/h2-7H,8H2,1H3,(H,15,16)(H,17,18). The lowest BCUT2D eigenvalue weighted by Crippen LogP contribution is -2.19. The van der Waals surface area contributed by atoms with Crippen LogP contribution in [0.2, 0.25) is 0 Å². The number of amides is 1. The molecule has 0 aliphatic rings. The van der Waals surface area contributed by atoms with Gasteiger partial charge in [-0.15, -0.1) is 11.3 Å². The molecule has 1 amide bonds. The van der Waals surface area contributed by atoms with Crippen molar-refractivity contribution in [3.8, 4) is 11.5 Å². The number of carbonyl (C=O) groups excluding carboxylic acids is 1. The highest BCUT2D eigenvalue weighted by Gasteiger charge is 2.09. The minimum absolute atomic E-state index is 0.160. The maximum Gasteiger partial charge on any atom is 0.345 e. The van der Waals surface area contributed by atoms with Gasteiger partial charge in [0.15, 0.2) is 6.61 Å². The van der Waals surface area contributed by atoms with Gasteiger partial charge in [-0.05, 0) is 36.4 Å². The van der Waals surface area contributed by atoms with Crippen LogP contribution in [0.1, 0.15) is 9.67 Å². The molecule has 0 fully saturated rings. The fourth-order valence-corrected chi connectivity index (χ4v) is 2.28. The lowest BCUT2D eigenvalue weighted by Gasteiger charge is -2.06. The van der Waals surface area contributed by atoms with E-state index in [-0.39, 0.29) is 17.4 Å². The van der Waals surface area contributed by atoms with E-state index in [2.05, 4.69) is 5.32 Å². The Balaban J connectivity index is 1.84. The molecule has 0 radical (unpaired) electrons. The first-order valence-corrected chi connectivity index (χ1v) is 6.80. The van der Waals surface area contributed by atoms with Crippen molar-refractivity contribution in [1.82, 2.24) is 0 Å². The van der Waals surface area contributed by atoms with Crippen molar-refractivity contribution in [2.45, 2.75) is 0 Å². The average Bonchev–Trinajstić information content (AvgIpc) is 2.94. The van der Waals surface area contributed by atoms with E-state index in [1.165, 1.54) is 6.07 Å². The van der Waals surface area contributed by atoms with Crippen LogP contribution in [0.3, 0.4) is 0 Å². The van der Waals surface area contributed by atoms with Crippen LogP contribution in [-0.4, -0.2) is 30.7 Å². The molecule has 6 nitrogen and oxygen atoms in total. The molecular formula is C14H13NO5S. The van der Waals surface area contributed by atoms with Gasteiger partial charge in [0.1, 0.15) is 16.4 Å². The van der Waals surface area contributed by atoms with Gasteiger partial charge in [-0.2, -0.15) is 0 Å². The van der Waals surface area contributed by atoms with E-state index in [0.717, 1.165) is 11.3 Å². The van der Waals surface area contributed by atoms with Gasteiger partial charge in [-0.3, -0.25) is 4.79 Å². The Bertz CT molecular complexity index is 635. The summed E-state index contributed by atoms with van der Waals surface area (Å²) in [4.78, 5) is 22.6. The predicted molar refractivity (Wildman–Crippen MR) is 78.4 cm³/mol. The zero-order chi connectivity index (χ0) is 15.2. The van der Waals surface area contributed by atoms with Crippen LogP contribution in [-0.2, 0) is 4.79 Å². The van der Waals surface area contributed by atoms with E-state index < -0.39 is 5.97 Å². The number of carboxylic acids is 1. The number of rotatable bonds is 6. The fourth-order valence-electron chi connectivity index (χ4n) is 1.51. The summed E-state index contributed by atoms with van der Waals surface area (Å²) in [5, 5.41) is 11.8. The molecule has 110 valence electrons. The molecule has 1 aromatic heterocycles. The van der Waals surface area contributed by atoms with Crippen LogP contribution in [0.5, 0.6) is 11.5 Å². The number of carbonyl (C=O) groups is 2. The molecular weight excluding hydrogens is 294 g/mol. The van der Waals surface area contributed by atoms with Crippen molar-refractivity contribution in [2.24, 2.45) is 0 Å². The molecule has 1 aromatic carbocycles. The molecule has 1 heterocycles. The molecule has 21 heavy (non-hydrogen) atoms. The van der Waals surface area contributed by atoms with Crippen molar-refractivity contribution in [2.75, 3.05) is 19.0 Å². The Labute approximate surface area is 124 Å². The van der Waals surface area contributed by atoms with Gasteiger partial charge in [0, 0.05) is 0 Å². The van der Waals surface area contributed by atoms with Crippen LogP contribution in [0.4, 0.5) is 5.00 Å². The minimum Gasteiger partial charge on any atom is -0.497 e. The third kappa shape index (κ3) is 4.22. The Morgan fingerprint density at radius 3 is 2.38 bits per heavy atom. The van der Waals surface area contributed by atoms with Crippen LogP contribution in [0, 0.1) is 0 Å². The summed E-state index contributed by atoms with van der Waals surface area (Å²) in [6, 6.07) is 9.82. The first kappa shape index (κ1) is 14.9. The topological polar surface area (TPSA) is 84.9 Å². The number of benzene rings is 1. The molecule has 0 aliphatic heterocycles. The number of nitrogens with one attached hydrogen (secondary N) is 1. The Kier molecular flexibility index (Phi) is 4.78. The normalized spacial score (nSPS) is 9.95. The summed E-state index contributed by atoms with van der Waals surface area (Å²) in [5.41, 5.74) is 0. The van der Waals surface area contributed by atoms with Gasteiger partial charge in [-0.1, -0.05) is 0 Å². The molecule has 0 saturated heterocycles. The first-order chi connectivity index (χ1) is 10.1. The zero-order valence-corrected chi connectivity index (χ0v) is 12.0. The third-order valence-corrected chi connectivity index (χ3v) is 3.50. The maximum absolute atomic E-state index is 11.7. The van der Waals surface area contributed by atoms with Crippen molar-refractivity contribution in [1.29, 1.82) is 0 Å². The average molecular weight is 307 g/mol. The molecule has 2 N–H and O–H groups in total. The van der Waals surface area contributed by atoms with E-state index in [4.69, 9.17) is 14.6 Å². The summed E-state index contributed by atoms with van der Waals surface area (Å²) >= 11 is 0.992. The van der Waals surface area contributed by atoms with Gasteiger partial charge in [0.25, 0.3) is 5.91 Å². The van der Waals surface area contributed by atoms with E-state index in [0.29, 0.717) is 16.5 Å². The number of anilines is 1. The van der Waals surface area contributed by atoms with Gasteiger partial charge >= 0.3 is 5.97 Å². The Hall–Kier alpha value is -2.54. The quantitative estimate of drug-likeness (QED) is 0.856. The molecule has 0 spiro atoms. The van der Waals surface area contributed by atoms with Crippen molar-refractivity contribution >= 4 is 28.2 Å². The number of hydrogen-bond acceptors (Lipinski definition) is 5. The molecule has 0 aliphatic carbocycles. The maximum atomic E-state index is 11.7. The monoisotopic (exact) mass is 307 g/mol. The summed E-state index contributed by atoms with van der Waals surface area (Å²) in [7, 11) is 1.57. The molecule has 0 bridgehead atoms. The number of thiophene rings is 1. The number of aromatic carboxylic acids is 1. The van der Waals surface area contributed by atoms with Gasteiger partial charge in [0.2, 0.25) is 0 Å². The van der Waals surface area contributed by atoms with Gasteiger partial charge in [0.05, 0.1) is 12.1 Å². The van der Waals surface area contributed by atoms with Gasteiger partial charge in [-0.25, -0.2) is 4.79 Å². The summed E-state index contributed by atoms with van der Waals surface area (Å²) in [6.45, 7) is -0.160. The molecule has 2 rings (SSSR count). The lowest BCUT2D eigenvalue weighted by molar-refractivity contribution is -0.118. The number of ether oxygens (including phenoxy) is 2. The third-order valence-electron chi connectivity index (χ3n) is 2.51. The van der Waals surface area contributed by atoms with Crippen molar-refractivity contribution < 1.29 is 24.2 Å². The van der Waals surface area contributed by atoms with E-state index in [1.54, 1.807) is 37.4 Å². The smallest absolute Gasteiger partial charge is 0.345 e. The molecule has 2 aromatic rings. The summed E-state index contributed by atoms with van der Waals surface area (Å²) < 4.78 is 10.3. The zero-order valence-electron chi connectivity index (χ0n) is 11.2. The van der Waals surface area contributed by atoms with Crippen molar-refractivity contribution in [3.63, 3.8) is 0 Å². The summed E-state index contributed by atoms with van der Waals surface area (Å²) in [5.74, 6) is -0.130. The first-order valence-electron chi connectivity index (χ1n) is 5.98. The number of methoxy groups -OCH3 is 1. The van der Waals surface area contributed by atoms with Crippen LogP contribution < -0.4 is 14.8 Å². The minimum atomic E-state index is -1.02. The molecule has 0 unspecified atom stereocenters. The summed E-state index contributed by atoms with van der Waals surface area (Å²) in [6.07, 6.45) is 0. The number of carboxylic acid groups (broad SMARTS) is 1. The second-order valence-electron chi connectivity index (χ2n) is 3.98. The van der Waals surface area contributed by atoms with Crippen LogP contribution >= 0.6 is 11.3 Å². The van der Waals surface area contributed by atoms with E-state index >= 15 is 0 Å². The Morgan fingerprint density at radius 1 is 1.14 bits per heavy atom. The van der Waals surface area contributed by atoms with Crippen LogP contribution in [0.15, 0.2) is 36.4 Å². The largest absolute Gasteiger partial charge is 0.497 e. The second kappa shape index (κ2) is 6.76. The highest BCUT2D eigenvalue weighted by molar-refractivity contribution is 7.18. The molecule has 7 heteroatoms. The highest BCUT2D eigenvalue weighted by Crippen LogP contribution is 2.22. The highest BCUT2D eigenvalue weighted by atomic mass is 32.1. The Morgan fingerprint density at radius 2 is 1.81 bits per heavy atom. The lowest BCUT2D eigenvalue weighted by atomic mass is 10.3.